The molecule has 3 unspecified atom stereocenters. The van der Waals surface area contributed by atoms with Crippen LogP contribution in [-0.4, -0.2) is 35.3 Å². The summed E-state index contributed by atoms with van der Waals surface area (Å²) in [5.41, 5.74) is 0. The number of nitrogens with zero attached hydrogens (tertiary/aromatic N) is 1. The SMILES string of the molecule is CC(C)C1NC(=O)CN(C2CCCCC2C(C)C)C1=O. The van der Waals surface area contributed by atoms with E-state index < -0.39 is 0 Å². The van der Waals surface area contributed by atoms with Crippen molar-refractivity contribution in [2.45, 2.75) is 65.5 Å². The summed E-state index contributed by atoms with van der Waals surface area (Å²) >= 11 is 0. The molecule has 20 heavy (non-hydrogen) atoms. The fourth-order valence-electron chi connectivity index (χ4n) is 3.73. The molecule has 0 aromatic carbocycles. The second-order valence-electron chi connectivity index (χ2n) is 7.02. The number of hydrogen-bond acceptors (Lipinski definition) is 2. The van der Waals surface area contributed by atoms with Crippen molar-refractivity contribution in [1.29, 1.82) is 0 Å². The molecule has 3 atom stereocenters. The summed E-state index contributed by atoms with van der Waals surface area (Å²) in [6.45, 7) is 8.70. The van der Waals surface area contributed by atoms with E-state index in [9.17, 15) is 9.59 Å². The van der Waals surface area contributed by atoms with E-state index in [1.165, 1.54) is 19.3 Å². The predicted octanol–water partition coefficient (Wildman–Crippen LogP) is 2.18. The van der Waals surface area contributed by atoms with Crippen LogP contribution in [0.25, 0.3) is 0 Å². The van der Waals surface area contributed by atoms with E-state index in [1.54, 1.807) is 0 Å². The quantitative estimate of drug-likeness (QED) is 0.861. The Kier molecular flexibility index (Phi) is 4.71. The summed E-state index contributed by atoms with van der Waals surface area (Å²) < 4.78 is 0. The van der Waals surface area contributed by atoms with Crippen LogP contribution in [0.3, 0.4) is 0 Å². The molecule has 114 valence electrons. The van der Waals surface area contributed by atoms with Crippen molar-refractivity contribution < 1.29 is 9.59 Å². The van der Waals surface area contributed by atoms with Crippen LogP contribution in [0.4, 0.5) is 0 Å². The van der Waals surface area contributed by atoms with Crippen molar-refractivity contribution in [3.63, 3.8) is 0 Å². The monoisotopic (exact) mass is 280 g/mol. The van der Waals surface area contributed by atoms with Crippen LogP contribution in [0.15, 0.2) is 0 Å². The van der Waals surface area contributed by atoms with Gasteiger partial charge in [0, 0.05) is 6.04 Å². The van der Waals surface area contributed by atoms with Crippen LogP contribution < -0.4 is 5.32 Å². The van der Waals surface area contributed by atoms with Crippen molar-refractivity contribution >= 4 is 11.8 Å². The highest BCUT2D eigenvalue weighted by Gasteiger charge is 2.41. The van der Waals surface area contributed by atoms with Crippen LogP contribution >= 0.6 is 0 Å². The van der Waals surface area contributed by atoms with E-state index in [1.807, 2.05) is 18.7 Å². The highest BCUT2D eigenvalue weighted by molar-refractivity contribution is 5.95. The molecule has 0 aromatic rings. The minimum atomic E-state index is -0.342. The number of carbonyl (C=O) groups excluding carboxylic acids is 2. The molecule has 2 rings (SSSR count). The lowest BCUT2D eigenvalue weighted by Crippen LogP contribution is -2.63. The molecule has 4 nitrogen and oxygen atoms in total. The third-order valence-electron chi connectivity index (χ3n) is 4.88. The van der Waals surface area contributed by atoms with E-state index in [0.29, 0.717) is 11.8 Å². The Balaban J connectivity index is 2.20. The first-order valence-corrected chi connectivity index (χ1v) is 8.01. The lowest BCUT2D eigenvalue weighted by Gasteiger charge is -2.45. The van der Waals surface area contributed by atoms with Crippen molar-refractivity contribution in [3.05, 3.63) is 0 Å². The van der Waals surface area contributed by atoms with Gasteiger partial charge in [-0.1, -0.05) is 40.5 Å². The van der Waals surface area contributed by atoms with Crippen LogP contribution in [-0.2, 0) is 9.59 Å². The molecule has 0 bridgehead atoms. The molecule has 1 saturated heterocycles. The molecule has 2 amide bonds. The summed E-state index contributed by atoms with van der Waals surface area (Å²) in [5.74, 6) is 1.37. The zero-order chi connectivity index (χ0) is 14.9. The summed E-state index contributed by atoms with van der Waals surface area (Å²) in [7, 11) is 0. The van der Waals surface area contributed by atoms with Crippen molar-refractivity contribution in [3.8, 4) is 0 Å². The lowest BCUT2D eigenvalue weighted by molar-refractivity contribution is -0.150. The van der Waals surface area contributed by atoms with Crippen LogP contribution in [0, 0.1) is 17.8 Å². The Bertz CT molecular complexity index is 379. The molecular weight excluding hydrogens is 252 g/mol. The molecule has 0 aromatic heterocycles. The van der Waals surface area contributed by atoms with Gasteiger partial charge in [-0.3, -0.25) is 9.59 Å². The molecule has 1 saturated carbocycles. The van der Waals surface area contributed by atoms with Gasteiger partial charge in [0.15, 0.2) is 0 Å². The topological polar surface area (TPSA) is 49.4 Å². The van der Waals surface area contributed by atoms with E-state index in [2.05, 4.69) is 19.2 Å². The van der Waals surface area contributed by atoms with Gasteiger partial charge in [0.05, 0.1) is 6.54 Å². The number of rotatable bonds is 3. The minimum Gasteiger partial charge on any atom is -0.343 e. The van der Waals surface area contributed by atoms with Gasteiger partial charge >= 0.3 is 0 Å². The first-order valence-electron chi connectivity index (χ1n) is 8.01. The summed E-state index contributed by atoms with van der Waals surface area (Å²) in [6.07, 6.45) is 4.65. The fourth-order valence-corrected chi connectivity index (χ4v) is 3.73. The number of piperazine rings is 1. The van der Waals surface area contributed by atoms with Crippen molar-refractivity contribution in [2.75, 3.05) is 6.54 Å². The van der Waals surface area contributed by atoms with Gasteiger partial charge in [0.2, 0.25) is 11.8 Å². The molecule has 1 N–H and O–H groups in total. The zero-order valence-corrected chi connectivity index (χ0v) is 13.2. The summed E-state index contributed by atoms with van der Waals surface area (Å²) in [4.78, 5) is 26.5. The average molecular weight is 280 g/mol. The highest BCUT2D eigenvalue weighted by atomic mass is 16.2. The third-order valence-corrected chi connectivity index (χ3v) is 4.88. The molecule has 0 radical (unpaired) electrons. The summed E-state index contributed by atoms with van der Waals surface area (Å²) in [6, 6.07) is -0.0884. The molecule has 2 fully saturated rings. The highest BCUT2D eigenvalue weighted by Crippen LogP contribution is 2.34. The molecular formula is C16H28N2O2. The molecule has 1 heterocycles. The summed E-state index contributed by atoms with van der Waals surface area (Å²) in [5, 5.41) is 2.85. The van der Waals surface area contributed by atoms with E-state index in [-0.39, 0.29) is 36.4 Å². The fraction of sp³-hybridized carbons (Fsp3) is 0.875. The maximum Gasteiger partial charge on any atom is 0.246 e. The number of carbonyl (C=O) groups is 2. The number of hydrogen-bond donors (Lipinski definition) is 1. The van der Waals surface area contributed by atoms with E-state index in [0.717, 1.165) is 6.42 Å². The Morgan fingerprint density at radius 3 is 2.30 bits per heavy atom. The Morgan fingerprint density at radius 1 is 1.05 bits per heavy atom. The maximum atomic E-state index is 12.7. The van der Waals surface area contributed by atoms with Crippen LogP contribution in [0.2, 0.25) is 0 Å². The van der Waals surface area contributed by atoms with Gasteiger partial charge < -0.3 is 10.2 Å². The largest absolute Gasteiger partial charge is 0.343 e. The smallest absolute Gasteiger partial charge is 0.246 e. The second-order valence-corrected chi connectivity index (χ2v) is 7.02. The van der Waals surface area contributed by atoms with E-state index >= 15 is 0 Å². The van der Waals surface area contributed by atoms with Crippen molar-refractivity contribution in [2.24, 2.45) is 17.8 Å². The predicted molar refractivity (Wildman–Crippen MR) is 79.1 cm³/mol. The first kappa shape index (κ1) is 15.3. The first-order chi connectivity index (χ1) is 9.41. The maximum absolute atomic E-state index is 12.7. The molecule has 2 aliphatic rings. The number of amides is 2. The van der Waals surface area contributed by atoms with E-state index in [4.69, 9.17) is 0 Å². The molecule has 4 heteroatoms. The van der Waals surface area contributed by atoms with Crippen LogP contribution in [0.1, 0.15) is 53.4 Å². The minimum absolute atomic E-state index is 0.00335. The Morgan fingerprint density at radius 2 is 1.70 bits per heavy atom. The molecule has 1 aliphatic carbocycles. The normalized spacial score (nSPS) is 31.9. The van der Waals surface area contributed by atoms with Crippen molar-refractivity contribution in [1.82, 2.24) is 10.2 Å². The third kappa shape index (κ3) is 2.99. The second kappa shape index (κ2) is 6.15. The zero-order valence-electron chi connectivity index (χ0n) is 13.2. The van der Waals surface area contributed by atoms with Gasteiger partial charge in [0.25, 0.3) is 0 Å². The number of nitrogens with one attached hydrogen (secondary N) is 1. The average Bonchev–Trinajstić information content (AvgIpc) is 2.40. The standard InChI is InChI=1S/C16H28N2O2/c1-10(2)12-7-5-6-8-13(12)18-9-14(19)17-15(11(3)4)16(18)20/h10-13,15H,5-9H2,1-4H3,(H,17,19). The molecule has 0 spiro atoms. The lowest BCUT2D eigenvalue weighted by atomic mass is 9.76. The van der Waals surface area contributed by atoms with Gasteiger partial charge in [0.1, 0.15) is 6.04 Å². The van der Waals surface area contributed by atoms with Gasteiger partial charge in [-0.2, -0.15) is 0 Å². The molecule has 1 aliphatic heterocycles. The Labute approximate surface area is 122 Å². The van der Waals surface area contributed by atoms with Gasteiger partial charge in [-0.15, -0.1) is 0 Å². The van der Waals surface area contributed by atoms with Gasteiger partial charge in [-0.05, 0) is 30.6 Å². The Hall–Kier alpha value is -1.06. The van der Waals surface area contributed by atoms with Crippen LogP contribution in [0.5, 0.6) is 0 Å². The van der Waals surface area contributed by atoms with Gasteiger partial charge in [-0.25, -0.2) is 0 Å².